The van der Waals surface area contributed by atoms with Gasteiger partial charge in [0.05, 0.1) is 25.6 Å². The van der Waals surface area contributed by atoms with E-state index in [0.29, 0.717) is 47.3 Å². The van der Waals surface area contributed by atoms with Crippen LogP contribution in [0.15, 0.2) is 158 Å². The number of hydrogen-bond acceptors (Lipinski definition) is 7. The third-order valence-electron chi connectivity index (χ3n) is 9.43. The van der Waals surface area contributed by atoms with Crippen molar-refractivity contribution in [2.45, 2.75) is 13.2 Å². The maximum atomic E-state index is 14.5. The van der Waals surface area contributed by atoms with Gasteiger partial charge in [-0.2, -0.15) is 0 Å². The van der Waals surface area contributed by atoms with Gasteiger partial charge < -0.3 is 18.9 Å². The predicted molar refractivity (Wildman–Crippen MR) is 212 cm³/mol. The number of carbonyl (C=O) groups is 1. The summed E-state index contributed by atoms with van der Waals surface area (Å²) >= 11 is 0. The summed E-state index contributed by atoms with van der Waals surface area (Å²) in [7, 11) is 3.25. The van der Waals surface area contributed by atoms with Crippen LogP contribution in [0.4, 0.5) is 0 Å². The van der Waals surface area contributed by atoms with Crippen LogP contribution in [-0.2, 0) is 13.2 Å². The molecule has 0 amide bonds. The molecule has 0 unspecified atom stereocenters. The number of nitrogens with zero attached hydrogens (tertiary/aromatic N) is 2. The molecule has 8 aromatic rings. The summed E-state index contributed by atoms with van der Waals surface area (Å²) in [4.78, 5) is 24.2. The number of pyridine rings is 2. The smallest absolute Gasteiger partial charge is 0.197 e. The second-order valence-corrected chi connectivity index (χ2v) is 12.7. The molecular weight excluding hydrogens is 673 g/mol. The van der Waals surface area contributed by atoms with Crippen molar-refractivity contribution in [3.8, 4) is 45.5 Å². The number of ether oxygens (including phenoxy) is 4. The molecule has 0 bridgehead atoms. The van der Waals surface area contributed by atoms with Gasteiger partial charge in [0.15, 0.2) is 28.8 Å². The number of carbonyl (C=O) groups excluding carboxylic acids is 1. The van der Waals surface area contributed by atoms with E-state index in [4.69, 9.17) is 28.9 Å². The van der Waals surface area contributed by atoms with Crippen LogP contribution in [0.3, 0.4) is 0 Å². The van der Waals surface area contributed by atoms with E-state index in [2.05, 4.69) is 0 Å². The molecule has 0 aliphatic heterocycles. The summed E-state index contributed by atoms with van der Waals surface area (Å²) in [6.45, 7) is 0.841. The number of methoxy groups -OCH3 is 2. The number of fused-ring (bicyclic) bond motifs is 2. The minimum atomic E-state index is -0.162. The van der Waals surface area contributed by atoms with Crippen molar-refractivity contribution in [2.24, 2.45) is 0 Å². The Balaban J connectivity index is 1.11. The molecule has 8 rings (SSSR count). The first kappa shape index (κ1) is 34.1. The average Bonchev–Trinajstić information content (AvgIpc) is 3.24. The van der Waals surface area contributed by atoms with E-state index >= 15 is 0 Å². The molecule has 264 valence electrons. The van der Waals surface area contributed by atoms with Crippen LogP contribution in [0.2, 0.25) is 0 Å². The van der Waals surface area contributed by atoms with Gasteiger partial charge >= 0.3 is 0 Å². The third-order valence-corrected chi connectivity index (χ3v) is 9.43. The Kier molecular flexibility index (Phi) is 9.68. The summed E-state index contributed by atoms with van der Waals surface area (Å²) in [6.07, 6.45) is 3.32. The van der Waals surface area contributed by atoms with Gasteiger partial charge in [-0.15, -0.1) is 0 Å². The van der Waals surface area contributed by atoms with Crippen molar-refractivity contribution >= 4 is 27.3 Å². The van der Waals surface area contributed by atoms with Gasteiger partial charge in [0.2, 0.25) is 0 Å². The van der Waals surface area contributed by atoms with Gasteiger partial charge in [-0.1, -0.05) is 109 Å². The first-order valence-electron chi connectivity index (χ1n) is 17.6. The van der Waals surface area contributed by atoms with Crippen LogP contribution in [-0.4, -0.2) is 30.0 Å². The predicted octanol–water partition coefficient (Wildman–Crippen LogP) is 10.5. The molecular formula is C47H36N2O5. The number of benzene rings is 6. The Morgan fingerprint density at radius 2 is 0.852 bits per heavy atom. The van der Waals surface area contributed by atoms with E-state index < -0.39 is 0 Å². The fraction of sp³-hybridized carbons (Fsp3) is 0.0851. The van der Waals surface area contributed by atoms with Crippen LogP contribution in [0.25, 0.3) is 44.1 Å². The van der Waals surface area contributed by atoms with E-state index in [9.17, 15) is 4.79 Å². The molecule has 0 atom stereocenters. The van der Waals surface area contributed by atoms with Crippen molar-refractivity contribution in [1.29, 1.82) is 0 Å². The molecule has 2 heterocycles. The molecule has 0 aliphatic carbocycles. The summed E-state index contributed by atoms with van der Waals surface area (Å²) < 4.78 is 23.7. The van der Waals surface area contributed by atoms with E-state index in [1.165, 1.54) is 0 Å². The van der Waals surface area contributed by atoms with Crippen LogP contribution >= 0.6 is 0 Å². The fourth-order valence-corrected chi connectivity index (χ4v) is 6.69. The zero-order valence-corrected chi connectivity index (χ0v) is 29.9. The lowest BCUT2D eigenvalue weighted by molar-refractivity contribution is 0.104. The minimum absolute atomic E-state index is 0.162. The van der Waals surface area contributed by atoms with Gasteiger partial charge in [-0.25, -0.2) is 0 Å². The van der Waals surface area contributed by atoms with Gasteiger partial charge in [0.1, 0.15) is 13.2 Å². The Morgan fingerprint density at radius 3 is 1.26 bits per heavy atom. The number of ketones is 1. The molecule has 0 radical (unpaired) electrons. The summed E-state index contributed by atoms with van der Waals surface area (Å²) in [6, 6.07) is 47.2. The molecule has 2 aromatic heterocycles. The lowest BCUT2D eigenvalue weighted by Gasteiger charge is -2.15. The first-order chi connectivity index (χ1) is 26.6. The van der Waals surface area contributed by atoms with Crippen molar-refractivity contribution < 1.29 is 23.7 Å². The molecule has 0 saturated heterocycles. The van der Waals surface area contributed by atoms with E-state index in [1.54, 1.807) is 26.6 Å². The molecule has 54 heavy (non-hydrogen) atoms. The highest BCUT2D eigenvalue weighted by molar-refractivity contribution is 6.22. The summed E-state index contributed by atoms with van der Waals surface area (Å²) in [5.41, 5.74) is 6.27. The van der Waals surface area contributed by atoms with Gasteiger partial charge in [0.25, 0.3) is 0 Å². The summed E-state index contributed by atoms with van der Waals surface area (Å²) in [5, 5.41) is 3.28. The topological polar surface area (TPSA) is 79.8 Å². The van der Waals surface area contributed by atoms with Crippen LogP contribution in [0, 0.1) is 0 Å². The van der Waals surface area contributed by atoms with E-state index in [-0.39, 0.29) is 5.78 Å². The SMILES string of the molecule is COc1cc(-c2ncc(C(=O)c3cnc(-c4ccc(OCc5ccccc5)c(OC)c4)c4ccccc34)c3ccccc23)ccc1OCc1ccccc1. The van der Waals surface area contributed by atoms with Crippen molar-refractivity contribution in [3.05, 3.63) is 180 Å². The highest BCUT2D eigenvalue weighted by Crippen LogP contribution is 2.38. The van der Waals surface area contributed by atoms with Crippen LogP contribution < -0.4 is 18.9 Å². The third kappa shape index (κ3) is 6.83. The van der Waals surface area contributed by atoms with Crippen molar-refractivity contribution in [3.63, 3.8) is 0 Å². The highest BCUT2D eigenvalue weighted by atomic mass is 16.5. The first-order valence-corrected chi connectivity index (χ1v) is 17.6. The second kappa shape index (κ2) is 15.3. The molecule has 7 nitrogen and oxygen atoms in total. The largest absolute Gasteiger partial charge is 0.493 e. The minimum Gasteiger partial charge on any atom is -0.493 e. The van der Waals surface area contributed by atoms with Gasteiger partial charge in [-0.3, -0.25) is 14.8 Å². The van der Waals surface area contributed by atoms with Crippen LogP contribution in [0.5, 0.6) is 23.0 Å². The highest BCUT2D eigenvalue weighted by Gasteiger charge is 2.21. The zero-order valence-electron chi connectivity index (χ0n) is 29.9. The second-order valence-electron chi connectivity index (χ2n) is 12.7. The van der Waals surface area contributed by atoms with Gasteiger partial charge in [0, 0.05) is 45.4 Å². The molecule has 0 spiro atoms. The Hall–Kier alpha value is -6.99. The molecule has 6 aromatic carbocycles. The van der Waals surface area contributed by atoms with Crippen LogP contribution in [0.1, 0.15) is 27.0 Å². The standard InChI is InChI=1S/C47H36N2O5/c1-51-43-25-33(21-23-41(43)53-29-31-13-5-3-6-14-31)45-37-19-11-9-17-35(37)39(27-48-45)47(50)40-28-49-46(38-20-12-10-18-36(38)40)34-22-24-42(44(26-34)52-2)54-30-32-15-7-4-8-16-32/h3-28H,29-30H2,1-2H3. The molecule has 0 fully saturated rings. The lowest BCUT2D eigenvalue weighted by Crippen LogP contribution is -2.06. The normalized spacial score (nSPS) is 11.0. The monoisotopic (exact) mass is 708 g/mol. The Morgan fingerprint density at radius 1 is 0.463 bits per heavy atom. The lowest BCUT2D eigenvalue weighted by atomic mass is 9.93. The number of aromatic nitrogens is 2. The molecule has 0 N–H and O–H groups in total. The molecule has 0 saturated carbocycles. The summed E-state index contributed by atoms with van der Waals surface area (Å²) in [5.74, 6) is 2.30. The fourth-order valence-electron chi connectivity index (χ4n) is 6.69. The zero-order chi connectivity index (χ0) is 36.9. The maximum absolute atomic E-state index is 14.5. The average molecular weight is 709 g/mol. The Bertz CT molecular complexity index is 2430. The molecule has 7 heteroatoms. The molecule has 0 aliphatic rings. The van der Waals surface area contributed by atoms with E-state index in [1.807, 2.05) is 146 Å². The maximum Gasteiger partial charge on any atom is 0.197 e. The van der Waals surface area contributed by atoms with Gasteiger partial charge in [-0.05, 0) is 58.3 Å². The van der Waals surface area contributed by atoms with E-state index in [0.717, 1.165) is 55.2 Å². The van der Waals surface area contributed by atoms with Crippen molar-refractivity contribution in [1.82, 2.24) is 9.97 Å². The number of rotatable bonds is 12. The quantitative estimate of drug-likeness (QED) is 0.117. The van der Waals surface area contributed by atoms with Crippen molar-refractivity contribution in [2.75, 3.05) is 14.2 Å². The Labute approximate surface area is 313 Å². The number of hydrogen-bond donors (Lipinski definition) is 0.